The van der Waals surface area contributed by atoms with Crippen molar-refractivity contribution in [3.63, 3.8) is 0 Å². The molecule has 5 heteroatoms. The molecule has 0 aromatic carbocycles. The summed E-state index contributed by atoms with van der Waals surface area (Å²) >= 11 is 0. The summed E-state index contributed by atoms with van der Waals surface area (Å²) in [6, 6.07) is 0. The van der Waals surface area contributed by atoms with Crippen LogP contribution in [0.2, 0.25) is 0 Å². The maximum Gasteiger partial charge on any atom is 0.270 e. The fourth-order valence-corrected chi connectivity index (χ4v) is 6.61. The third kappa shape index (κ3) is 2.27. The van der Waals surface area contributed by atoms with Crippen LogP contribution in [-0.4, -0.2) is 25.6 Å². The van der Waals surface area contributed by atoms with Gasteiger partial charge in [-0.05, 0) is 43.9 Å². The highest BCUT2D eigenvalue weighted by Crippen LogP contribution is 2.58. The molecule has 1 saturated heterocycles. The average molecular weight is 314 g/mol. The Bertz CT molecular complexity index is 534. The molecule has 1 aliphatic heterocycles. The first-order valence-corrected chi connectivity index (χ1v) is 9.75. The highest BCUT2D eigenvalue weighted by atomic mass is 32.2. The molecule has 2 bridgehead atoms. The highest BCUT2D eigenvalue weighted by molar-refractivity contribution is 7.87. The van der Waals surface area contributed by atoms with Crippen molar-refractivity contribution in [1.82, 2.24) is 0 Å². The lowest BCUT2D eigenvalue weighted by Crippen LogP contribution is -2.31. The zero-order valence-corrected chi connectivity index (χ0v) is 14.0. The molecule has 0 radical (unpaired) electrons. The van der Waals surface area contributed by atoms with Crippen LogP contribution < -0.4 is 0 Å². The molecule has 4 nitrogen and oxygen atoms in total. The number of rotatable bonds is 6. The second-order valence-corrected chi connectivity index (χ2v) is 9.16. The summed E-state index contributed by atoms with van der Waals surface area (Å²) in [7, 11) is -3.33. The Balaban J connectivity index is 1.65. The van der Waals surface area contributed by atoms with E-state index in [9.17, 15) is 13.2 Å². The van der Waals surface area contributed by atoms with Gasteiger partial charge in [-0.25, -0.2) is 0 Å². The fraction of sp³-hybridized carbons (Fsp3) is 0.938. The van der Waals surface area contributed by atoms with Crippen LogP contribution >= 0.6 is 0 Å². The molecule has 21 heavy (non-hydrogen) atoms. The van der Waals surface area contributed by atoms with Crippen LogP contribution in [0.4, 0.5) is 0 Å². The molecule has 2 aliphatic carbocycles. The second-order valence-electron chi connectivity index (χ2n) is 7.38. The fourth-order valence-electron chi connectivity index (χ4n) is 4.70. The van der Waals surface area contributed by atoms with Gasteiger partial charge in [-0.3, -0.25) is 8.98 Å². The molecule has 0 aromatic rings. The predicted octanol–water partition coefficient (Wildman–Crippen LogP) is 2.92. The van der Waals surface area contributed by atoms with E-state index < -0.39 is 10.1 Å². The van der Waals surface area contributed by atoms with E-state index in [1.807, 2.05) is 6.92 Å². The van der Waals surface area contributed by atoms with Gasteiger partial charge < -0.3 is 0 Å². The van der Waals surface area contributed by atoms with E-state index in [-0.39, 0.29) is 28.6 Å². The maximum atomic E-state index is 12.5. The minimum absolute atomic E-state index is 0.138. The Morgan fingerprint density at radius 3 is 2.52 bits per heavy atom. The van der Waals surface area contributed by atoms with Crippen molar-refractivity contribution in [1.29, 1.82) is 0 Å². The maximum absolute atomic E-state index is 12.5. The summed E-state index contributed by atoms with van der Waals surface area (Å²) in [5.74, 6) is 1.24. The highest BCUT2D eigenvalue weighted by Gasteiger charge is 2.63. The Labute approximate surface area is 127 Å². The van der Waals surface area contributed by atoms with Crippen LogP contribution in [0.25, 0.3) is 0 Å². The van der Waals surface area contributed by atoms with Gasteiger partial charge >= 0.3 is 0 Å². The van der Waals surface area contributed by atoms with E-state index >= 15 is 0 Å². The molecule has 3 aliphatic rings. The smallest absolute Gasteiger partial charge is 0.270 e. The summed E-state index contributed by atoms with van der Waals surface area (Å²) in [5, 5.41) is -0.254. The number of hydrogen-bond donors (Lipinski definition) is 0. The molecule has 3 fully saturated rings. The first kappa shape index (κ1) is 15.5. The van der Waals surface area contributed by atoms with Crippen molar-refractivity contribution in [2.24, 2.45) is 23.2 Å². The summed E-state index contributed by atoms with van der Waals surface area (Å²) in [5.41, 5.74) is -0.219. The predicted molar refractivity (Wildman–Crippen MR) is 80.2 cm³/mol. The molecule has 3 rings (SSSR count). The molecule has 2 saturated carbocycles. The van der Waals surface area contributed by atoms with Crippen molar-refractivity contribution < 1.29 is 17.4 Å². The number of fused-ring (bicyclic) bond motifs is 1. The van der Waals surface area contributed by atoms with E-state index in [0.29, 0.717) is 18.1 Å². The van der Waals surface area contributed by atoms with Crippen LogP contribution in [0.1, 0.15) is 59.3 Å². The van der Waals surface area contributed by atoms with Gasteiger partial charge in [-0.2, -0.15) is 8.42 Å². The van der Waals surface area contributed by atoms with Gasteiger partial charge in [0.25, 0.3) is 10.1 Å². The molecule has 5 unspecified atom stereocenters. The molecule has 120 valence electrons. The second kappa shape index (κ2) is 5.05. The van der Waals surface area contributed by atoms with E-state index in [0.717, 1.165) is 32.1 Å². The molecule has 5 atom stereocenters. The van der Waals surface area contributed by atoms with Crippen molar-refractivity contribution in [3.8, 4) is 0 Å². The number of carbonyl (C=O) groups excluding carboxylic acids is 1. The summed E-state index contributed by atoms with van der Waals surface area (Å²) in [6.45, 7) is 6.18. The number of Topliss-reactive ketones (excluding diaryl/α,β-unsaturated/α-hetero) is 1. The Morgan fingerprint density at radius 1 is 1.24 bits per heavy atom. The molecule has 0 N–H and O–H groups in total. The summed E-state index contributed by atoms with van der Waals surface area (Å²) < 4.78 is 29.2. The minimum atomic E-state index is -3.33. The standard InChI is InChI=1S/C16H26O4S/c1-4-16(3,5-2)14(17)7-6-11-10-8-12-13(9-10)21(18,19)20-15(11)12/h10-13,15H,4-9H2,1-3H3. The van der Waals surface area contributed by atoms with Gasteiger partial charge in [-0.15, -0.1) is 0 Å². The van der Waals surface area contributed by atoms with Crippen molar-refractivity contribution in [2.75, 3.05) is 0 Å². The lowest BCUT2D eigenvalue weighted by Gasteiger charge is -2.28. The largest absolute Gasteiger partial charge is 0.299 e. The monoisotopic (exact) mass is 314 g/mol. The Morgan fingerprint density at radius 2 is 1.90 bits per heavy atom. The van der Waals surface area contributed by atoms with Crippen LogP contribution in [0, 0.1) is 23.2 Å². The van der Waals surface area contributed by atoms with Crippen molar-refractivity contribution >= 4 is 15.9 Å². The van der Waals surface area contributed by atoms with E-state index in [4.69, 9.17) is 4.18 Å². The van der Waals surface area contributed by atoms with E-state index in [2.05, 4.69) is 13.8 Å². The van der Waals surface area contributed by atoms with E-state index in [1.54, 1.807) is 0 Å². The zero-order valence-electron chi connectivity index (χ0n) is 13.2. The molecule has 0 spiro atoms. The van der Waals surface area contributed by atoms with Gasteiger partial charge in [0.15, 0.2) is 0 Å². The zero-order chi connectivity index (χ0) is 15.4. The summed E-state index contributed by atoms with van der Waals surface area (Å²) in [4.78, 5) is 12.5. The van der Waals surface area contributed by atoms with Crippen LogP contribution in [0.15, 0.2) is 0 Å². The SMILES string of the molecule is CCC(C)(CC)C(=O)CCC1C2CC3C1OS(=O)(=O)C3C2. The normalized spacial score (nSPS) is 39.9. The molecule has 0 aromatic heterocycles. The van der Waals surface area contributed by atoms with Gasteiger partial charge in [0.05, 0.1) is 11.4 Å². The number of ketones is 1. The lowest BCUT2D eigenvalue weighted by atomic mass is 9.76. The number of carbonyl (C=O) groups is 1. The van der Waals surface area contributed by atoms with Crippen molar-refractivity contribution in [2.45, 2.75) is 70.7 Å². The molecular weight excluding hydrogens is 288 g/mol. The Kier molecular flexibility index (Phi) is 3.72. The lowest BCUT2D eigenvalue weighted by molar-refractivity contribution is -0.128. The quantitative estimate of drug-likeness (QED) is 0.707. The first-order chi connectivity index (χ1) is 9.82. The van der Waals surface area contributed by atoms with Crippen molar-refractivity contribution in [3.05, 3.63) is 0 Å². The van der Waals surface area contributed by atoms with Gasteiger partial charge in [0.1, 0.15) is 5.78 Å². The number of hydrogen-bond acceptors (Lipinski definition) is 4. The van der Waals surface area contributed by atoms with Crippen LogP contribution in [0.3, 0.4) is 0 Å². The van der Waals surface area contributed by atoms with Gasteiger partial charge in [0.2, 0.25) is 0 Å². The summed E-state index contributed by atoms with van der Waals surface area (Å²) in [6.07, 6.45) is 4.69. The van der Waals surface area contributed by atoms with E-state index in [1.165, 1.54) is 0 Å². The van der Waals surface area contributed by atoms with Gasteiger partial charge in [-0.1, -0.05) is 20.8 Å². The molecule has 0 amide bonds. The minimum Gasteiger partial charge on any atom is -0.299 e. The first-order valence-electron chi connectivity index (χ1n) is 8.27. The van der Waals surface area contributed by atoms with Gasteiger partial charge in [0, 0.05) is 17.8 Å². The average Bonchev–Trinajstić information content (AvgIpc) is 3.06. The van der Waals surface area contributed by atoms with Crippen LogP contribution in [0.5, 0.6) is 0 Å². The third-order valence-corrected chi connectivity index (χ3v) is 8.37. The third-order valence-electron chi connectivity index (χ3n) is 6.59. The molecule has 1 heterocycles. The molecular formula is C16H26O4S. The topological polar surface area (TPSA) is 60.4 Å². The van der Waals surface area contributed by atoms with Crippen LogP contribution in [-0.2, 0) is 19.1 Å². The Hall–Kier alpha value is -0.420.